The molecule has 6 heteroatoms. The van der Waals surface area contributed by atoms with Crippen molar-refractivity contribution < 1.29 is 14.7 Å². The monoisotopic (exact) mass is 434 g/mol. The lowest BCUT2D eigenvalue weighted by molar-refractivity contribution is 0.0697. The van der Waals surface area contributed by atoms with Crippen LogP contribution in [0.5, 0.6) is 0 Å². The van der Waals surface area contributed by atoms with Gasteiger partial charge in [-0.05, 0) is 42.0 Å². The third-order valence-corrected chi connectivity index (χ3v) is 5.60. The van der Waals surface area contributed by atoms with Gasteiger partial charge < -0.3 is 5.11 Å². The third kappa shape index (κ3) is 5.25. The summed E-state index contributed by atoms with van der Waals surface area (Å²) in [4.78, 5) is 37.5. The molecule has 1 heterocycles. The first-order valence-corrected chi connectivity index (χ1v) is 11.2. The number of unbranched alkanes of at least 4 members (excludes halogenated alkanes) is 2. The maximum atomic E-state index is 13.1. The lowest BCUT2D eigenvalue weighted by atomic mass is 9.97. The van der Waals surface area contributed by atoms with E-state index in [4.69, 9.17) is 0 Å². The zero-order valence-electron chi connectivity index (χ0n) is 18.7. The lowest BCUT2D eigenvalue weighted by Crippen LogP contribution is -2.29. The molecule has 168 valence electrons. The minimum Gasteiger partial charge on any atom is -0.478 e. The van der Waals surface area contributed by atoms with Crippen LogP contribution in [0.4, 0.5) is 0 Å². The Morgan fingerprint density at radius 1 is 0.969 bits per heavy atom. The van der Waals surface area contributed by atoms with E-state index < -0.39 is 5.97 Å². The van der Waals surface area contributed by atoms with Gasteiger partial charge in [0, 0.05) is 18.3 Å². The Hall–Kier alpha value is -3.41. The molecule has 0 radical (unpaired) electrons. The first-order valence-electron chi connectivity index (χ1n) is 11.2. The first-order chi connectivity index (χ1) is 15.5. The van der Waals surface area contributed by atoms with E-state index in [1.54, 1.807) is 22.9 Å². The van der Waals surface area contributed by atoms with Crippen molar-refractivity contribution in [2.45, 2.75) is 58.9 Å². The average molecular weight is 435 g/mol. The predicted molar refractivity (Wildman–Crippen MR) is 125 cm³/mol. The standard InChI is InChI=1S/C26H30N2O4/c1-3-5-12-21-18-28(24(29)13-6-4-2)26(32)27(21)17-19-14-15-22(23(16-19)25(30)31)20-10-8-7-9-11-20/h7-11,14-16,18H,3-6,12-13,17H2,1-2H3,(H,30,31). The summed E-state index contributed by atoms with van der Waals surface area (Å²) in [7, 11) is 0. The average Bonchev–Trinajstić information content (AvgIpc) is 3.11. The summed E-state index contributed by atoms with van der Waals surface area (Å²) in [6, 6.07) is 14.6. The summed E-state index contributed by atoms with van der Waals surface area (Å²) in [5, 5.41) is 9.78. The fourth-order valence-corrected chi connectivity index (χ4v) is 3.80. The Morgan fingerprint density at radius 3 is 2.34 bits per heavy atom. The van der Waals surface area contributed by atoms with Gasteiger partial charge in [-0.25, -0.2) is 14.2 Å². The van der Waals surface area contributed by atoms with Crippen LogP contribution >= 0.6 is 0 Å². The van der Waals surface area contributed by atoms with Crippen LogP contribution < -0.4 is 5.69 Å². The summed E-state index contributed by atoms with van der Waals surface area (Å²) in [6.07, 6.45) is 6.18. The number of rotatable bonds is 10. The van der Waals surface area contributed by atoms with Crippen molar-refractivity contribution in [3.05, 3.63) is 82.0 Å². The van der Waals surface area contributed by atoms with Crippen LogP contribution in [0.25, 0.3) is 11.1 Å². The third-order valence-electron chi connectivity index (χ3n) is 5.60. The van der Waals surface area contributed by atoms with Crippen molar-refractivity contribution in [1.82, 2.24) is 9.13 Å². The second kappa shape index (κ2) is 10.8. The topological polar surface area (TPSA) is 81.3 Å². The molecule has 0 saturated carbocycles. The van der Waals surface area contributed by atoms with Crippen molar-refractivity contribution in [3.63, 3.8) is 0 Å². The van der Waals surface area contributed by atoms with E-state index in [0.29, 0.717) is 24.0 Å². The Labute approximate surface area is 188 Å². The van der Waals surface area contributed by atoms with Crippen molar-refractivity contribution in [2.75, 3.05) is 0 Å². The lowest BCUT2D eigenvalue weighted by Gasteiger charge is -2.11. The number of nitrogens with zero attached hydrogens (tertiary/aromatic N) is 2. The molecule has 0 fully saturated rings. The van der Waals surface area contributed by atoms with Crippen LogP contribution in [0.1, 0.15) is 72.4 Å². The Balaban J connectivity index is 1.99. The van der Waals surface area contributed by atoms with Crippen molar-refractivity contribution in [3.8, 4) is 11.1 Å². The smallest absolute Gasteiger partial charge is 0.336 e. The number of aromatic carboxylic acids is 1. The summed E-state index contributed by atoms with van der Waals surface area (Å²) in [5.74, 6) is -1.21. The van der Waals surface area contributed by atoms with E-state index in [-0.39, 0.29) is 23.7 Å². The molecular weight excluding hydrogens is 404 g/mol. The number of carbonyl (C=O) groups excluding carboxylic acids is 1. The van der Waals surface area contributed by atoms with Crippen LogP contribution in [0.2, 0.25) is 0 Å². The van der Waals surface area contributed by atoms with Gasteiger partial charge in [-0.2, -0.15) is 0 Å². The minimum absolute atomic E-state index is 0.190. The number of imidazole rings is 1. The zero-order valence-corrected chi connectivity index (χ0v) is 18.7. The number of carboxylic acids is 1. The summed E-state index contributed by atoms with van der Waals surface area (Å²) in [5.41, 5.74) is 2.79. The molecule has 0 aliphatic carbocycles. The molecule has 0 bridgehead atoms. The Kier molecular flexibility index (Phi) is 7.82. The quantitative estimate of drug-likeness (QED) is 0.473. The number of carbonyl (C=O) groups is 2. The highest BCUT2D eigenvalue weighted by atomic mass is 16.4. The van der Waals surface area contributed by atoms with Crippen LogP contribution in [-0.2, 0) is 13.0 Å². The molecule has 1 aromatic heterocycles. The Morgan fingerprint density at radius 2 is 1.69 bits per heavy atom. The van der Waals surface area contributed by atoms with Gasteiger partial charge >= 0.3 is 11.7 Å². The van der Waals surface area contributed by atoms with Gasteiger partial charge in [-0.1, -0.05) is 69.2 Å². The summed E-state index contributed by atoms with van der Waals surface area (Å²) in [6.45, 7) is 4.31. The number of hydrogen-bond acceptors (Lipinski definition) is 3. The largest absolute Gasteiger partial charge is 0.478 e. The van der Waals surface area contributed by atoms with Crippen LogP contribution in [0.3, 0.4) is 0 Å². The molecule has 1 N–H and O–H groups in total. The SMILES string of the molecule is CCCCC(=O)n1cc(CCCC)n(Cc2ccc(-c3ccccc3)c(C(=O)O)c2)c1=O. The van der Waals surface area contributed by atoms with Gasteiger partial charge in [0.1, 0.15) is 0 Å². The summed E-state index contributed by atoms with van der Waals surface area (Å²) < 4.78 is 2.82. The second-order valence-electron chi connectivity index (χ2n) is 8.01. The molecular formula is C26H30N2O4. The molecule has 0 atom stereocenters. The van der Waals surface area contributed by atoms with Gasteiger partial charge in [0.05, 0.1) is 12.1 Å². The molecule has 0 aliphatic rings. The molecule has 32 heavy (non-hydrogen) atoms. The van der Waals surface area contributed by atoms with Gasteiger partial charge in [0.2, 0.25) is 5.91 Å². The molecule has 3 rings (SSSR count). The van der Waals surface area contributed by atoms with E-state index in [1.807, 2.05) is 43.3 Å². The fraction of sp³-hybridized carbons (Fsp3) is 0.346. The van der Waals surface area contributed by atoms with E-state index in [1.165, 1.54) is 4.57 Å². The number of benzene rings is 2. The Bertz CT molecular complexity index is 1140. The van der Waals surface area contributed by atoms with E-state index in [0.717, 1.165) is 36.9 Å². The minimum atomic E-state index is -1.02. The van der Waals surface area contributed by atoms with Gasteiger partial charge in [0.15, 0.2) is 0 Å². The molecule has 0 aliphatic heterocycles. The molecule has 6 nitrogen and oxygen atoms in total. The normalized spacial score (nSPS) is 10.9. The number of aryl methyl sites for hydroxylation is 1. The van der Waals surface area contributed by atoms with E-state index in [2.05, 4.69) is 6.92 Å². The van der Waals surface area contributed by atoms with Gasteiger partial charge in [-0.3, -0.25) is 9.36 Å². The van der Waals surface area contributed by atoms with E-state index >= 15 is 0 Å². The molecule has 0 unspecified atom stereocenters. The van der Waals surface area contributed by atoms with Crippen molar-refractivity contribution in [2.24, 2.45) is 0 Å². The molecule has 0 amide bonds. The number of carboxylic acid groups (broad SMARTS) is 1. The van der Waals surface area contributed by atoms with Crippen molar-refractivity contribution in [1.29, 1.82) is 0 Å². The predicted octanol–water partition coefficient (Wildman–Crippen LogP) is 5.24. The molecule has 0 saturated heterocycles. The van der Waals surface area contributed by atoms with Gasteiger partial charge in [0.25, 0.3) is 0 Å². The highest BCUT2D eigenvalue weighted by Crippen LogP contribution is 2.25. The van der Waals surface area contributed by atoms with Gasteiger partial charge in [-0.15, -0.1) is 0 Å². The first kappa shape index (κ1) is 23.3. The maximum absolute atomic E-state index is 13.1. The van der Waals surface area contributed by atoms with Crippen molar-refractivity contribution >= 4 is 11.9 Å². The number of aromatic nitrogens is 2. The highest BCUT2D eigenvalue weighted by Gasteiger charge is 2.18. The van der Waals surface area contributed by atoms with Crippen LogP contribution in [-0.4, -0.2) is 26.1 Å². The molecule has 2 aromatic carbocycles. The summed E-state index contributed by atoms with van der Waals surface area (Å²) >= 11 is 0. The van der Waals surface area contributed by atoms with Crippen LogP contribution in [0.15, 0.2) is 59.5 Å². The zero-order chi connectivity index (χ0) is 23.1. The fourth-order valence-electron chi connectivity index (χ4n) is 3.80. The van der Waals surface area contributed by atoms with Crippen LogP contribution in [0, 0.1) is 0 Å². The second-order valence-corrected chi connectivity index (χ2v) is 8.01. The number of hydrogen-bond donors (Lipinski definition) is 1. The highest BCUT2D eigenvalue weighted by molar-refractivity contribution is 5.96. The molecule has 3 aromatic rings. The van der Waals surface area contributed by atoms with E-state index in [9.17, 15) is 19.5 Å². The maximum Gasteiger partial charge on any atom is 0.336 e. The molecule has 0 spiro atoms.